The van der Waals surface area contributed by atoms with Crippen LogP contribution in [0.1, 0.15) is 5.56 Å². The minimum absolute atomic E-state index is 0. The lowest BCUT2D eigenvalue weighted by molar-refractivity contribution is 0.315. The normalized spacial score (nSPS) is 12.3. The van der Waals surface area contributed by atoms with Crippen LogP contribution in [0, 0.1) is 0 Å². The van der Waals surface area contributed by atoms with E-state index >= 15 is 0 Å². The smallest absolute Gasteiger partial charge is 0.0382 e. The first kappa shape index (κ1) is 13.8. The molecular weight excluding hydrogens is 217 g/mol. The van der Waals surface area contributed by atoms with Crippen molar-refractivity contribution in [2.24, 2.45) is 0 Å². The minimum atomic E-state index is 0. The number of halogens is 2. The molecule has 1 nitrogen and oxygen atoms in total. The van der Waals surface area contributed by atoms with Gasteiger partial charge < -0.3 is 4.90 Å². The molecule has 0 saturated carbocycles. The van der Waals surface area contributed by atoms with E-state index in [1.807, 2.05) is 6.07 Å². The van der Waals surface area contributed by atoms with Crippen LogP contribution in [0.15, 0.2) is 30.3 Å². The lowest BCUT2D eigenvalue weighted by atomic mass is 10.1. The number of alkyl halides is 1. The summed E-state index contributed by atoms with van der Waals surface area (Å²) in [7, 11) is 4.13. The van der Waals surface area contributed by atoms with Crippen molar-refractivity contribution in [1.29, 1.82) is 0 Å². The average Bonchev–Trinajstić information content (AvgIpc) is 2.15. The lowest BCUT2D eigenvalue weighted by Gasteiger charge is -2.21. The maximum absolute atomic E-state index is 5.87. The molecule has 0 aromatic heterocycles. The molecule has 0 bridgehead atoms. The van der Waals surface area contributed by atoms with Crippen LogP contribution >= 0.6 is 24.0 Å². The fourth-order valence-electron chi connectivity index (χ4n) is 1.26. The van der Waals surface area contributed by atoms with Gasteiger partial charge in [0.1, 0.15) is 0 Å². The standard InChI is InChI=1S/C11H16ClN.ClH/c1-13(2)11(9-12)8-10-6-4-3-5-7-10;/h3-7,11H,8-9H2,1-2H3;1H. The van der Waals surface area contributed by atoms with E-state index in [9.17, 15) is 0 Å². The van der Waals surface area contributed by atoms with E-state index in [0.717, 1.165) is 6.42 Å². The van der Waals surface area contributed by atoms with Gasteiger partial charge in [-0.2, -0.15) is 0 Å². The van der Waals surface area contributed by atoms with Crippen LogP contribution < -0.4 is 0 Å². The van der Waals surface area contributed by atoms with Gasteiger partial charge in [0.2, 0.25) is 0 Å². The number of hydrogen-bond donors (Lipinski definition) is 0. The van der Waals surface area contributed by atoms with E-state index in [0.29, 0.717) is 11.9 Å². The largest absolute Gasteiger partial charge is 0.305 e. The molecule has 1 atom stereocenters. The van der Waals surface area contributed by atoms with Crippen LogP contribution in [0.3, 0.4) is 0 Å². The molecule has 0 fully saturated rings. The molecule has 0 N–H and O–H groups in total. The van der Waals surface area contributed by atoms with Gasteiger partial charge in [-0.05, 0) is 26.1 Å². The van der Waals surface area contributed by atoms with Crippen LogP contribution in [-0.4, -0.2) is 30.9 Å². The average molecular weight is 234 g/mol. The molecule has 0 heterocycles. The van der Waals surface area contributed by atoms with E-state index < -0.39 is 0 Å². The summed E-state index contributed by atoms with van der Waals surface area (Å²) in [5.41, 5.74) is 1.35. The van der Waals surface area contributed by atoms with Crippen LogP contribution in [0.25, 0.3) is 0 Å². The van der Waals surface area contributed by atoms with Crippen molar-refractivity contribution in [3.8, 4) is 0 Å². The Morgan fingerprint density at radius 1 is 1.21 bits per heavy atom. The zero-order valence-corrected chi connectivity index (χ0v) is 10.2. The maximum Gasteiger partial charge on any atom is 0.0382 e. The zero-order valence-electron chi connectivity index (χ0n) is 8.61. The van der Waals surface area contributed by atoms with Gasteiger partial charge in [0.05, 0.1) is 0 Å². The fourth-order valence-corrected chi connectivity index (χ4v) is 1.65. The molecule has 0 aliphatic heterocycles. The molecule has 0 aliphatic carbocycles. The molecule has 0 spiro atoms. The third-order valence-corrected chi connectivity index (χ3v) is 2.58. The van der Waals surface area contributed by atoms with Crippen LogP contribution in [0.2, 0.25) is 0 Å². The summed E-state index contributed by atoms with van der Waals surface area (Å²) >= 11 is 5.87. The maximum atomic E-state index is 5.87. The first-order valence-corrected chi connectivity index (χ1v) is 5.04. The molecule has 3 heteroatoms. The van der Waals surface area contributed by atoms with Gasteiger partial charge in [-0.15, -0.1) is 24.0 Å². The molecule has 0 radical (unpaired) electrons. The number of benzene rings is 1. The summed E-state index contributed by atoms with van der Waals surface area (Å²) in [6.07, 6.45) is 1.03. The van der Waals surface area contributed by atoms with Gasteiger partial charge in [0.15, 0.2) is 0 Å². The Hall–Kier alpha value is -0.240. The quantitative estimate of drug-likeness (QED) is 0.724. The lowest BCUT2D eigenvalue weighted by Crippen LogP contribution is -2.31. The van der Waals surface area contributed by atoms with E-state index in [4.69, 9.17) is 11.6 Å². The highest BCUT2D eigenvalue weighted by Gasteiger charge is 2.09. The van der Waals surface area contributed by atoms with Gasteiger partial charge in [0.25, 0.3) is 0 Å². The van der Waals surface area contributed by atoms with Crippen molar-refractivity contribution in [2.45, 2.75) is 12.5 Å². The Labute approximate surface area is 97.5 Å². The van der Waals surface area contributed by atoms with E-state index in [2.05, 4.69) is 43.3 Å². The van der Waals surface area contributed by atoms with E-state index in [-0.39, 0.29) is 12.4 Å². The summed E-state index contributed by atoms with van der Waals surface area (Å²) in [5, 5.41) is 0. The second-order valence-corrected chi connectivity index (χ2v) is 3.77. The van der Waals surface area contributed by atoms with Crippen molar-refractivity contribution in [3.05, 3.63) is 35.9 Å². The SMILES string of the molecule is CN(C)C(CCl)Cc1ccccc1.Cl. The molecule has 0 aliphatic rings. The molecular formula is C11H17Cl2N. The van der Waals surface area contributed by atoms with Crippen molar-refractivity contribution >= 4 is 24.0 Å². The highest BCUT2D eigenvalue weighted by molar-refractivity contribution is 6.18. The summed E-state index contributed by atoms with van der Waals surface area (Å²) in [6.45, 7) is 0. The predicted octanol–water partition coefficient (Wildman–Crippen LogP) is 2.82. The second-order valence-electron chi connectivity index (χ2n) is 3.46. The Bertz CT molecular complexity index is 236. The van der Waals surface area contributed by atoms with Crippen LogP contribution in [-0.2, 0) is 6.42 Å². The Morgan fingerprint density at radius 2 is 1.79 bits per heavy atom. The first-order chi connectivity index (χ1) is 6.24. The fraction of sp³-hybridized carbons (Fsp3) is 0.455. The van der Waals surface area contributed by atoms with Gasteiger partial charge in [-0.3, -0.25) is 0 Å². The molecule has 1 aromatic carbocycles. The summed E-state index contributed by atoms with van der Waals surface area (Å²) in [4.78, 5) is 2.17. The zero-order chi connectivity index (χ0) is 9.68. The number of rotatable bonds is 4. The number of hydrogen-bond acceptors (Lipinski definition) is 1. The Morgan fingerprint density at radius 3 is 2.21 bits per heavy atom. The summed E-state index contributed by atoms with van der Waals surface area (Å²) in [6, 6.07) is 10.9. The highest BCUT2D eigenvalue weighted by atomic mass is 35.5. The Kier molecular flexibility index (Phi) is 6.98. The van der Waals surface area contributed by atoms with E-state index in [1.54, 1.807) is 0 Å². The highest BCUT2D eigenvalue weighted by Crippen LogP contribution is 2.07. The molecule has 0 amide bonds. The van der Waals surface area contributed by atoms with Crippen molar-refractivity contribution in [3.63, 3.8) is 0 Å². The molecule has 0 saturated heterocycles. The predicted molar refractivity (Wildman–Crippen MR) is 65.6 cm³/mol. The van der Waals surface area contributed by atoms with Gasteiger partial charge in [-0.1, -0.05) is 30.3 Å². The van der Waals surface area contributed by atoms with Crippen LogP contribution in [0.5, 0.6) is 0 Å². The molecule has 1 rings (SSSR count). The van der Waals surface area contributed by atoms with E-state index in [1.165, 1.54) is 5.56 Å². The van der Waals surface area contributed by atoms with Gasteiger partial charge in [0, 0.05) is 11.9 Å². The second kappa shape index (κ2) is 7.10. The van der Waals surface area contributed by atoms with Crippen molar-refractivity contribution in [2.75, 3.05) is 20.0 Å². The van der Waals surface area contributed by atoms with Gasteiger partial charge in [-0.25, -0.2) is 0 Å². The molecule has 1 unspecified atom stereocenters. The third kappa shape index (κ3) is 4.32. The molecule has 1 aromatic rings. The van der Waals surface area contributed by atoms with Crippen molar-refractivity contribution in [1.82, 2.24) is 4.90 Å². The van der Waals surface area contributed by atoms with Crippen molar-refractivity contribution < 1.29 is 0 Å². The third-order valence-electron chi connectivity index (χ3n) is 2.22. The minimum Gasteiger partial charge on any atom is -0.305 e. The summed E-state index contributed by atoms with van der Waals surface area (Å²) in [5.74, 6) is 0.682. The van der Waals surface area contributed by atoms with Crippen LogP contribution in [0.4, 0.5) is 0 Å². The molecule has 14 heavy (non-hydrogen) atoms. The Balaban J connectivity index is 0.00000169. The number of likely N-dealkylation sites (N-methyl/N-ethyl adjacent to an activating group) is 1. The topological polar surface area (TPSA) is 3.24 Å². The number of nitrogens with zero attached hydrogens (tertiary/aromatic N) is 1. The monoisotopic (exact) mass is 233 g/mol. The van der Waals surface area contributed by atoms with Gasteiger partial charge >= 0.3 is 0 Å². The first-order valence-electron chi connectivity index (χ1n) is 4.50. The summed E-state index contributed by atoms with van der Waals surface area (Å²) < 4.78 is 0. The molecule has 80 valence electrons.